The number of carbonyl (C=O) groups excluding carboxylic acids is 3. The van der Waals surface area contributed by atoms with Gasteiger partial charge < -0.3 is 15.1 Å². The van der Waals surface area contributed by atoms with Gasteiger partial charge in [0.2, 0.25) is 11.8 Å². The summed E-state index contributed by atoms with van der Waals surface area (Å²) in [5, 5.41) is 6.49. The van der Waals surface area contributed by atoms with E-state index in [9.17, 15) is 18.8 Å². The maximum absolute atomic E-state index is 13.5. The number of benzene rings is 2. The minimum atomic E-state index is -0.661. The minimum Gasteiger partial charge on any atom is -0.333 e. The number of urea groups is 1. The molecule has 8 nitrogen and oxygen atoms in total. The molecule has 0 bridgehead atoms. The summed E-state index contributed by atoms with van der Waals surface area (Å²) >= 11 is 6.35. The third-order valence-electron chi connectivity index (χ3n) is 6.39. The fourth-order valence-electron chi connectivity index (χ4n) is 4.69. The molecule has 2 aromatic rings. The van der Waals surface area contributed by atoms with Crippen LogP contribution < -0.4 is 5.32 Å². The van der Waals surface area contributed by atoms with Crippen LogP contribution in [0.3, 0.4) is 0 Å². The maximum atomic E-state index is 13.5. The van der Waals surface area contributed by atoms with Gasteiger partial charge in [0, 0.05) is 25.2 Å². The molecule has 186 valence electrons. The van der Waals surface area contributed by atoms with Crippen LogP contribution in [-0.4, -0.2) is 70.0 Å². The number of piperazine rings is 1. The van der Waals surface area contributed by atoms with E-state index >= 15 is 0 Å². The summed E-state index contributed by atoms with van der Waals surface area (Å²) in [6, 6.07) is 12.1. The zero-order valence-electron chi connectivity index (χ0n) is 19.8. The van der Waals surface area contributed by atoms with Gasteiger partial charge >= 0.3 is 6.03 Å². The number of hydrogen-bond acceptors (Lipinski definition) is 4. The monoisotopic (exact) mass is 501 g/mol. The van der Waals surface area contributed by atoms with Crippen LogP contribution in [0, 0.1) is 5.82 Å². The lowest BCUT2D eigenvalue weighted by molar-refractivity contribution is -0.188. The maximum Gasteiger partial charge on any atom is 0.334 e. The van der Waals surface area contributed by atoms with E-state index in [4.69, 9.17) is 11.6 Å². The average molecular weight is 502 g/mol. The fraction of sp³-hybridized carbons (Fsp3) is 0.400. The Morgan fingerprint density at radius 3 is 2.54 bits per heavy atom. The molecule has 4 rings (SSSR count). The van der Waals surface area contributed by atoms with Gasteiger partial charge in [0.25, 0.3) is 0 Å². The Labute approximate surface area is 209 Å². The highest BCUT2D eigenvalue weighted by Gasteiger charge is 2.50. The molecular formula is C25H29ClFN5O3. The lowest BCUT2D eigenvalue weighted by atomic mass is 10.0. The highest BCUT2D eigenvalue weighted by Crippen LogP contribution is 2.29. The van der Waals surface area contributed by atoms with Gasteiger partial charge in [0.05, 0.1) is 13.1 Å². The molecular weight excluding hydrogens is 473 g/mol. The summed E-state index contributed by atoms with van der Waals surface area (Å²) in [6.07, 6.45) is 0.542. The van der Waals surface area contributed by atoms with Crippen LogP contribution in [0.2, 0.25) is 5.02 Å². The summed E-state index contributed by atoms with van der Waals surface area (Å²) in [4.78, 5) is 43.1. The Hall–Kier alpha value is -3.17. The molecule has 2 aromatic carbocycles. The van der Waals surface area contributed by atoms with E-state index in [0.29, 0.717) is 17.9 Å². The number of nitrogens with zero attached hydrogens (tertiary/aromatic N) is 4. The van der Waals surface area contributed by atoms with Crippen LogP contribution in [-0.2, 0) is 22.7 Å². The number of carbonyl (C=O) groups is 3. The highest BCUT2D eigenvalue weighted by atomic mass is 35.5. The highest BCUT2D eigenvalue weighted by molar-refractivity contribution is 6.31. The number of hydrogen-bond donors (Lipinski definition) is 1. The van der Waals surface area contributed by atoms with E-state index in [-0.39, 0.29) is 43.8 Å². The molecule has 4 amide bonds. The van der Waals surface area contributed by atoms with Crippen molar-refractivity contribution in [2.45, 2.75) is 45.1 Å². The molecule has 2 fully saturated rings. The lowest BCUT2D eigenvalue weighted by Gasteiger charge is -2.54. The zero-order chi connectivity index (χ0) is 25.1. The molecule has 0 radical (unpaired) electrons. The first kappa shape index (κ1) is 24.9. The van der Waals surface area contributed by atoms with Gasteiger partial charge in [-0.25, -0.2) is 19.2 Å². The normalized spacial score (nSPS) is 20.7. The van der Waals surface area contributed by atoms with Crippen molar-refractivity contribution >= 4 is 29.4 Å². The first-order valence-corrected chi connectivity index (χ1v) is 12.0. The minimum absolute atomic E-state index is 0.0154. The lowest BCUT2D eigenvalue weighted by Crippen LogP contribution is -2.75. The van der Waals surface area contributed by atoms with Gasteiger partial charge in [0.15, 0.2) is 0 Å². The van der Waals surface area contributed by atoms with Crippen molar-refractivity contribution in [1.82, 2.24) is 25.1 Å². The topological polar surface area (TPSA) is 76.2 Å². The van der Waals surface area contributed by atoms with E-state index in [0.717, 1.165) is 11.1 Å². The van der Waals surface area contributed by atoms with Crippen molar-refractivity contribution in [2.75, 3.05) is 20.1 Å². The third kappa shape index (κ3) is 5.26. The number of halogens is 2. The Morgan fingerprint density at radius 2 is 1.86 bits per heavy atom. The molecule has 10 heteroatoms. The standard InChI is InChI=1S/C25H29ClFN5O3/c1-3-6-21-24(34)30(14-18-7-4-5-8-20(18)26)15-22-31(21)23(33)16-29(2)32(22)25(35)28-13-17-9-11-19(27)12-10-17/h4-5,7-12,21-22H,3,6,13-16H2,1-2H3,(H,28,35)/t21-,22-/m0/s1. The molecule has 2 saturated heterocycles. The van der Waals surface area contributed by atoms with Gasteiger partial charge in [-0.15, -0.1) is 0 Å². The third-order valence-corrected chi connectivity index (χ3v) is 6.75. The van der Waals surface area contributed by atoms with Crippen molar-refractivity contribution in [2.24, 2.45) is 0 Å². The Kier molecular flexibility index (Phi) is 7.57. The van der Waals surface area contributed by atoms with E-state index in [1.54, 1.807) is 40.1 Å². The van der Waals surface area contributed by atoms with E-state index in [2.05, 4.69) is 5.32 Å². The van der Waals surface area contributed by atoms with Gasteiger partial charge in [-0.05, 0) is 35.7 Å². The van der Waals surface area contributed by atoms with Crippen molar-refractivity contribution in [3.05, 3.63) is 70.5 Å². The predicted molar refractivity (Wildman–Crippen MR) is 129 cm³/mol. The number of rotatable bonds is 6. The van der Waals surface area contributed by atoms with E-state index in [1.807, 2.05) is 25.1 Å². The largest absolute Gasteiger partial charge is 0.334 e. The predicted octanol–water partition coefficient (Wildman–Crippen LogP) is 3.22. The molecule has 0 unspecified atom stereocenters. The molecule has 0 saturated carbocycles. The SMILES string of the molecule is CCC[C@H]1C(=O)N(Cc2ccccc2Cl)C[C@H]2N1C(=O)CN(C)N2C(=O)NCc1ccc(F)cc1. The zero-order valence-corrected chi connectivity index (χ0v) is 20.5. The molecule has 0 spiro atoms. The molecule has 1 N–H and O–H groups in total. The van der Waals surface area contributed by atoms with Gasteiger partial charge in [-0.1, -0.05) is 55.3 Å². The average Bonchev–Trinajstić information content (AvgIpc) is 2.82. The van der Waals surface area contributed by atoms with Crippen LogP contribution in [0.15, 0.2) is 48.5 Å². The summed E-state index contributed by atoms with van der Waals surface area (Å²) in [7, 11) is 1.68. The van der Waals surface area contributed by atoms with Crippen LogP contribution >= 0.6 is 11.6 Å². The van der Waals surface area contributed by atoms with Gasteiger partial charge in [-0.2, -0.15) is 0 Å². The second-order valence-corrected chi connectivity index (χ2v) is 9.25. The van der Waals surface area contributed by atoms with Crippen LogP contribution in [0.4, 0.5) is 9.18 Å². The Bertz CT molecular complexity index is 1100. The number of nitrogens with one attached hydrogen (secondary N) is 1. The first-order valence-electron chi connectivity index (χ1n) is 11.7. The van der Waals surface area contributed by atoms with E-state index < -0.39 is 18.2 Å². The van der Waals surface area contributed by atoms with Gasteiger partial charge in [-0.3, -0.25) is 9.59 Å². The second-order valence-electron chi connectivity index (χ2n) is 8.84. The van der Waals surface area contributed by atoms with Crippen LogP contribution in [0.1, 0.15) is 30.9 Å². The number of fused-ring (bicyclic) bond motifs is 1. The summed E-state index contributed by atoms with van der Waals surface area (Å²) in [6.45, 7) is 2.59. The number of amides is 4. The number of hydrazine groups is 1. The summed E-state index contributed by atoms with van der Waals surface area (Å²) in [5.41, 5.74) is 1.55. The summed E-state index contributed by atoms with van der Waals surface area (Å²) < 4.78 is 13.2. The Morgan fingerprint density at radius 1 is 1.14 bits per heavy atom. The van der Waals surface area contributed by atoms with Gasteiger partial charge in [0.1, 0.15) is 18.0 Å². The number of likely N-dealkylation sites (N-methyl/N-ethyl adjacent to an activating group) is 1. The van der Waals surface area contributed by atoms with Crippen molar-refractivity contribution in [1.29, 1.82) is 0 Å². The van der Waals surface area contributed by atoms with Crippen molar-refractivity contribution < 1.29 is 18.8 Å². The second kappa shape index (κ2) is 10.6. The molecule has 2 aliphatic rings. The molecule has 35 heavy (non-hydrogen) atoms. The Balaban J connectivity index is 1.59. The molecule has 0 aromatic heterocycles. The van der Waals surface area contributed by atoms with E-state index in [1.165, 1.54) is 17.1 Å². The molecule has 2 heterocycles. The molecule has 2 atom stereocenters. The fourth-order valence-corrected chi connectivity index (χ4v) is 4.89. The van der Waals surface area contributed by atoms with Crippen molar-refractivity contribution in [3.63, 3.8) is 0 Å². The molecule has 0 aliphatic carbocycles. The van der Waals surface area contributed by atoms with Crippen LogP contribution in [0.5, 0.6) is 0 Å². The molecule has 2 aliphatic heterocycles. The van der Waals surface area contributed by atoms with Crippen LogP contribution in [0.25, 0.3) is 0 Å². The quantitative estimate of drug-likeness (QED) is 0.659. The smallest absolute Gasteiger partial charge is 0.333 e. The van der Waals surface area contributed by atoms with Crippen molar-refractivity contribution in [3.8, 4) is 0 Å². The first-order chi connectivity index (χ1) is 16.8. The summed E-state index contributed by atoms with van der Waals surface area (Å²) in [5.74, 6) is -0.686.